The van der Waals surface area contributed by atoms with Crippen molar-refractivity contribution < 1.29 is 29.3 Å². The zero-order chi connectivity index (χ0) is 18.2. The lowest BCUT2D eigenvalue weighted by Gasteiger charge is -2.22. The summed E-state index contributed by atoms with van der Waals surface area (Å²) in [6.45, 7) is 3.39. The molecule has 1 aromatic rings. The lowest BCUT2D eigenvalue weighted by molar-refractivity contribution is -0.139. The number of benzene rings is 1. The predicted octanol–water partition coefficient (Wildman–Crippen LogP) is 1.39. The number of hydrogen-bond donors (Lipinski definition) is 3. The van der Waals surface area contributed by atoms with Gasteiger partial charge in [-0.1, -0.05) is 0 Å². The third-order valence-corrected chi connectivity index (χ3v) is 3.85. The second-order valence-corrected chi connectivity index (χ2v) is 6.26. The van der Waals surface area contributed by atoms with Crippen LogP contribution >= 0.6 is 11.8 Å². The third-order valence-electron chi connectivity index (χ3n) is 2.94. The summed E-state index contributed by atoms with van der Waals surface area (Å²) in [7, 11) is 0. The van der Waals surface area contributed by atoms with E-state index in [0.29, 0.717) is 23.7 Å². The first-order chi connectivity index (χ1) is 11.3. The van der Waals surface area contributed by atoms with Crippen molar-refractivity contribution in [1.29, 1.82) is 0 Å². The number of nitrogens with one attached hydrogen (secondary N) is 1. The average molecular weight is 357 g/mol. The van der Waals surface area contributed by atoms with Gasteiger partial charge < -0.3 is 25.0 Å². The molecule has 0 saturated carbocycles. The average Bonchev–Trinajstić information content (AvgIpc) is 2.51. The number of thioether (sulfide) groups is 1. The number of carboxylic acid groups (broad SMARTS) is 1. The van der Waals surface area contributed by atoms with Gasteiger partial charge in [-0.3, -0.25) is 4.79 Å². The SMILES string of the molecule is CCOc1cc(C(=O)NCC(C)(O)CSC)ccc1OCC(=O)O. The summed E-state index contributed by atoms with van der Waals surface area (Å²) < 4.78 is 10.5. The van der Waals surface area contributed by atoms with Gasteiger partial charge in [-0.15, -0.1) is 0 Å². The van der Waals surface area contributed by atoms with E-state index in [9.17, 15) is 14.7 Å². The fraction of sp³-hybridized carbons (Fsp3) is 0.500. The number of hydrogen-bond acceptors (Lipinski definition) is 6. The summed E-state index contributed by atoms with van der Waals surface area (Å²) in [5.41, 5.74) is -0.663. The maximum atomic E-state index is 12.2. The van der Waals surface area contributed by atoms with Crippen molar-refractivity contribution in [3.63, 3.8) is 0 Å². The molecule has 1 unspecified atom stereocenters. The number of carbonyl (C=O) groups is 2. The predicted molar refractivity (Wildman–Crippen MR) is 92.1 cm³/mol. The number of aliphatic carboxylic acids is 1. The van der Waals surface area contributed by atoms with Gasteiger partial charge in [0, 0.05) is 17.9 Å². The van der Waals surface area contributed by atoms with Crippen LogP contribution in [0.2, 0.25) is 0 Å². The molecular formula is C16H23NO6S. The topological polar surface area (TPSA) is 105 Å². The van der Waals surface area contributed by atoms with Crippen LogP contribution in [0.1, 0.15) is 24.2 Å². The molecule has 1 amide bonds. The van der Waals surface area contributed by atoms with Gasteiger partial charge >= 0.3 is 5.97 Å². The Morgan fingerprint density at radius 1 is 1.29 bits per heavy atom. The van der Waals surface area contributed by atoms with E-state index in [-0.39, 0.29) is 18.2 Å². The van der Waals surface area contributed by atoms with E-state index < -0.39 is 18.2 Å². The van der Waals surface area contributed by atoms with E-state index in [2.05, 4.69) is 5.32 Å². The van der Waals surface area contributed by atoms with Crippen molar-refractivity contribution >= 4 is 23.6 Å². The Balaban J connectivity index is 2.82. The highest BCUT2D eigenvalue weighted by Gasteiger charge is 2.21. The molecule has 0 fully saturated rings. The molecule has 7 nitrogen and oxygen atoms in total. The van der Waals surface area contributed by atoms with Crippen LogP contribution in [0.4, 0.5) is 0 Å². The molecule has 0 bridgehead atoms. The summed E-state index contributed by atoms with van der Waals surface area (Å²) in [4.78, 5) is 22.8. The number of ether oxygens (including phenoxy) is 2. The first kappa shape index (κ1) is 20.1. The van der Waals surface area contributed by atoms with Crippen LogP contribution in [0.3, 0.4) is 0 Å². The molecule has 0 heterocycles. The molecule has 8 heteroatoms. The molecule has 0 saturated heterocycles. The van der Waals surface area contributed by atoms with Crippen LogP contribution in [-0.2, 0) is 4.79 Å². The zero-order valence-corrected chi connectivity index (χ0v) is 14.8. The van der Waals surface area contributed by atoms with E-state index in [1.165, 1.54) is 30.0 Å². The lowest BCUT2D eigenvalue weighted by Crippen LogP contribution is -2.42. The molecule has 0 aliphatic heterocycles. The van der Waals surface area contributed by atoms with Crippen LogP contribution in [-0.4, -0.2) is 59.5 Å². The van der Waals surface area contributed by atoms with Crippen molar-refractivity contribution in [3.05, 3.63) is 23.8 Å². The minimum Gasteiger partial charge on any atom is -0.490 e. The van der Waals surface area contributed by atoms with E-state index >= 15 is 0 Å². The van der Waals surface area contributed by atoms with E-state index in [1.807, 2.05) is 6.26 Å². The monoisotopic (exact) mass is 357 g/mol. The highest BCUT2D eigenvalue weighted by molar-refractivity contribution is 7.98. The second kappa shape index (κ2) is 9.39. The maximum absolute atomic E-state index is 12.2. The standard InChI is InChI=1S/C16H23NO6S/c1-4-22-13-7-11(5-6-12(13)23-8-14(18)19)15(20)17-9-16(2,21)10-24-3/h5-7,21H,4,8-10H2,1-3H3,(H,17,20)(H,18,19). The van der Waals surface area contributed by atoms with Crippen LogP contribution < -0.4 is 14.8 Å². The minimum absolute atomic E-state index is 0.119. The zero-order valence-electron chi connectivity index (χ0n) is 14.0. The summed E-state index contributed by atoms with van der Waals surface area (Å²) in [6, 6.07) is 4.49. The molecule has 0 radical (unpaired) electrons. The molecule has 0 aromatic heterocycles. The number of rotatable bonds is 10. The fourth-order valence-electron chi connectivity index (χ4n) is 1.91. The third kappa shape index (κ3) is 6.67. The van der Waals surface area contributed by atoms with Gasteiger partial charge in [0.2, 0.25) is 0 Å². The highest BCUT2D eigenvalue weighted by Crippen LogP contribution is 2.28. The van der Waals surface area contributed by atoms with Crippen molar-refractivity contribution in [2.45, 2.75) is 19.4 Å². The number of aliphatic hydroxyl groups is 1. The Labute approximate surface area is 145 Å². The molecule has 3 N–H and O–H groups in total. The van der Waals surface area contributed by atoms with Gasteiger partial charge in [0.05, 0.1) is 12.2 Å². The van der Waals surface area contributed by atoms with Crippen LogP contribution in [0, 0.1) is 0 Å². The first-order valence-corrected chi connectivity index (χ1v) is 8.79. The van der Waals surface area contributed by atoms with Gasteiger partial charge in [-0.25, -0.2) is 4.79 Å². The summed E-state index contributed by atoms with van der Waals surface area (Å²) in [5, 5.41) is 21.4. The van der Waals surface area contributed by atoms with Crippen LogP contribution in [0.15, 0.2) is 18.2 Å². The second-order valence-electron chi connectivity index (χ2n) is 5.39. The smallest absolute Gasteiger partial charge is 0.341 e. The maximum Gasteiger partial charge on any atom is 0.341 e. The van der Waals surface area contributed by atoms with Gasteiger partial charge in [-0.2, -0.15) is 11.8 Å². The molecule has 0 aliphatic carbocycles. The molecule has 1 rings (SSSR count). The molecule has 1 aromatic carbocycles. The Morgan fingerprint density at radius 3 is 2.58 bits per heavy atom. The van der Waals surface area contributed by atoms with Gasteiger partial charge in [0.1, 0.15) is 0 Å². The fourth-order valence-corrected chi connectivity index (χ4v) is 2.64. The molecule has 0 spiro atoms. The summed E-state index contributed by atoms with van der Waals surface area (Å²) >= 11 is 1.49. The molecular weight excluding hydrogens is 334 g/mol. The van der Waals surface area contributed by atoms with E-state index in [4.69, 9.17) is 14.6 Å². The highest BCUT2D eigenvalue weighted by atomic mass is 32.2. The molecule has 134 valence electrons. The van der Waals surface area contributed by atoms with E-state index in [1.54, 1.807) is 13.8 Å². The summed E-state index contributed by atoms with van der Waals surface area (Å²) in [6.07, 6.45) is 1.88. The quantitative estimate of drug-likeness (QED) is 0.581. The summed E-state index contributed by atoms with van der Waals surface area (Å²) in [5.74, 6) is -0.413. The number of amides is 1. The van der Waals surface area contributed by atoms with Crippen molar-refractivity contribution in [3.8, 4) is 11.5 Å². The van der Waals surface area contributed by atoms with Gasteiger partial charge in [0.25, 0.3) is 5.91 Å². The van der Waals surface area contributed by atoms with Crippen molar-refractivity contribution in [2.24, 2.45) is 0 Å². The molecule has 0 aliphatic rings. The Bertz CT molecular complexity index is 576. The normalized spacial score (nSPS) is 13.0. The number of carboxylic acids is 1. The Morgan fingerprint density at radius 2 is 2.00 bits per heavy atom. The number of carbonyl (C=O) groups excluding carboxylic acids is 1. The van der Waals surface area contributed by atoms with Crippen LogP contribution in [0.25, 0.3) is 0 Å². The first-order valence-electron chi connectivity index (χ1n) is 7.40. The van der Waals surface area contributed by atoms with Crippen molar-refractivity contribution in [2.75, 3.05) is 31.8 Å². The van der Waals surface area contributed by atoms with E-state index in [0.717, 1.165) is 0 Å². The van der Waals surface area contributed by atoms with Gasteiger partial charge in [0.15, 0.2) is 18.1 Å². The minimum atomic E-state index is -1.10. The Hall–Kier alpha value is -1.93. The molecule has 24 heavy (non-hydrogen) atoms. The largest absolute Gasteiger partial charge is 0.490 e. The van der Waals surface area contributed by atoms with Crippen molar-refractivity contribution in [1.82, 2.24) is 5.32 Å². The lowest BCUT2D eigenvalue weighted by atomic mass is 10.1. The molecule has 1 atom stereocenters. The van der Waals surface area contributed by atoms with Gasteiger partial charge in [-0.05, 0) is 38.3 Å². The van der Waals surface area contributed by atoms with Crippen LogP contribution in [0.5, 0.6) is 11.5 Å². The Kier molecular flexibility index (Phi) is 7.87.